The Labute approximate surface area is 190 Å². The van der Waals surface area contributed by atoms with E-state index in [9.17, 15) is 8.42 Å². The molecule has 1 aliphatic rings. The molecule has 4 aromatic rings. The highest BCUT2D eigenvalue weighted by molar-refractivity contribution is 7.90. The van der Waals surface area contributed by atoms with Crippen LogP contribution in [0.2, 0.25) is 0 Å². The van der Waals surface area contributed by atoms with E-state index >= 15 is 4.39 Å². The van der Waals surface area contributed by atoms with Crippen LogP contribution in [0.5, 0.6) is 5.75 Å². The van der Waals surface area contributed by atoms with Crippen molar-refractivity contribution in [2.24, 2.45) is 7.05 Å². The van der Waals surface area contributed by atoms with Crippen molar-refractivity contribution in [2.45, 2.75) is 10.6 Å². The van der Waals surface area contributed by atoms with E-state index in [1.54, 1.807) is 36.0 Å². The largest absolute Gasteiger partial charge is 0.490 e. The van der Waals surface area contributed by atoms with Gasteiger partial charge in [0.2, 0.25) is 0 Å². The van der Waals surface area contributed by atoms with Crippen molar-refractivity contribution in [3.8, 4) is 16.9 Å². The minimum absolute atomic E-state index is 0.0654. The Balaban J connectivity index is 1.55. The van der Waals surface area contributed by atoms with Gasteiger partial charge in [-0.3, -0.25) is 0 Å². The molecule has 5 rings (SSSR count). The van der Waals surface area contributed by atoms with Crippen LogP contribution in [0.1, 0.15) is 5.56 Å². The van der Waals surface area contributed by atoms with E-state index in [0.717, 1.165) is 12.2 Å². The lowest BCUT2D eigenvalue weighted by Gasteiger charge is -2.27. The highest BCUT2D eigenvalue weighted by Gasteiger charge is 2.24. The number of aromatic nitrogens is 3. The normalized spacial score (nSPS) is 13.7. The number of rotatable bonds is 4. The van der Waals surface area contributed by atoms with Crippen LogP contribution in [0.25, 0.3) is 22.2 Å². The molecule has 170 valence electrons. The topological polar surface area (TPSA) is 103 Å². The summed E-state index contributed by atoms with van der Waals surface area (Å²) in [7, 11) is -0.128. The second kappa shape index (κ2) is 7.73. The summed E-state index contributed by atoms with van der Waals surface area (Å²) in [6.45, 7) is 1.20. The lowest BCUT2D eigenvalue weighted by Crippen LogP contribution is -2.28. The van der Waals surface area contributed by atoms with E-state index in [4.69, 9.17) is 10.5 Å². The lowest BCUT2D eigenvalue weighted by atomic mass is 10.0. The number of fused-ring (bicyclic) bond motifs is 2. The van der Waals surface area contributed by atoms with E-state index in [1.807, 2.05) is 11.9 Å². The van der Waals surface area contributed by atoms with Crippen LogP contribution in [0.3, 0.4) is 0 Å². The molecule has 2 N–H and O–H groups in total. The summed E-state index contributed by atoms with van der Waals surface area (Å²) in [6.07, 6.45) is 3.06. The highest BCUT2D eigenvalue weighted by Crippen LogP contribution is 2.36. The zero-order chi connectivity index (χ0) is 23.3. The van der Waals surface area contributed by atoms with Gasteiger partial charge in [0.05, 0.1) is 28.3 Å². The van der Waals surface area contributed by atoms with E-state index in [0.29, 0.717) is 29.0 Å². The highest BCUT2D eigenvalue weighted by atomic mass is 32.2. The molecule has 0 aliphatic carbocycles. The second-order valence-corrected chi connectivity index (χ2v) is 10.0. The standard InChI is InChI=1S/C23H22FN5O3S/c1-28-8-9-32-19-10-15(6-7-18(19)28)33(30,31)12-14-4-3-5-16(21(14)24)17-11-29(2)23-20(17)22(25)26-13-27-23/h3-7,10-11,13H,8-9,12H2,1-2H3,(H2,25,26,27). The number of nitrogens with two attached hydrogens (primary N) is 1. The number of likely N-dealkylation sites (N-methyl/N-ethyl adjacent to an activating group) is 1. The molecule has 2 aromatic heterocycles. The molecule has 0 fully saturated rings. The van der Waals surface area contributed by atoms with Crippen LogP contribution in [0.4, 0.5) is 15.9 Å². The van der Waals surface area contributed by atoms with Crippen LogP contribution < -0.4 is 15.4 Å². The van der Waals surface area contributed by atoms with Gasteiger partial charge < -0.3 is 19.9 Å². The van der Waals surface area contributed by atoms with E-state index in [1.165, 1.54) is 24.5 Å². The maximum absolute atomic E-state index is 15.6. The van der Waals surface area contributed by atoms with Crippen LogP contribution in [-0.2, 0) is 22.6 Å². The fourth-order valence-electron chi connectivity index (χ4n) is 4.16. The Morgan fingerprint density at radius 1 is 1.15 bits per heavy atom. The number of nitrogens with zero attached hydrogens (tertiary/aromatic N) is 4. The molecule has 0 bridgehead atoms. The average molecular weight is 468 g/mol. The van der Waals surface area contributed by atoms with Crippen LogP contribution >= 0.6 is 0 Å². The summed E-state index contributed by atoms with van der Waals surface area (Å²) >= 11 is 0. The predicted molar refractivity (Wildman–Crippen MR) is 124 cm³/mol. The van der Waals surface area contributed by atoms with Crippen molar-refractivity contribution >= 4 is 32.4 Å². The van der Waals surface area contributed by atoms with Crippen molar-refractivity contribution in [3.63, 3.8) is 0 Å². The van der Waals surface area contributed by atoms with Gasteiger partial charge in [0.1, 0.15) is 36.0 Å². The van der Waals surface area contributed by atoms with Crippen molar-refractivity contribution in [1.29, 1.82) is 0 Å². The predicted octanol–water partition coefficient (Wildman–Crippen LogP) is 3.16. The first-order valence-corrected chi connectivity index (χ1v) is 12.0. The smallest absolute Gasteiger partial charge is 0.182 e. The number of sulfone groups is 1. The van der Waals surface area contributed by atoms with Crippen molar-refractivity contribution in [1.82, 2.24) is 14.5 Å². The van der Waals surface area contributed by atoms with Gasteiger partial charge in [-0.2, -0.15) is 0 Å². The van der Waals surface area contributed by atoms with Crippen molar-refractivity contribution in [2.75, 3.05) is 30.8 Å². The Bertz CT molecular complexity index is 1500. The lowest BCUT2D eigenvalue weighted by molar-refractivity contribution is 0.310. The Hall–Kier alpha value is -3.66. The summed E-state index contributed by atoms with van der Waals surface area (Å²) in [6, 6.07) is 9.45. The first-order valence-electron chi connectivity index (χ1n) is 10.3. The van der Waals surface area contributed by atoms with Gasteiger partial charge in [0.15, 0.2) is 9.84 Å². The fraction of sp³-hybridized carbons (Fsp3) is 0.217. The SMILES string of the molecule is CN1CCOc2cc(S(=O)(=O)Cc3cccc(-c4cn(C)c5ncnc(N)c45)c3F)ccc21. The monoisotopic (exact) mass is 467 g/mol. The van der Waals surface area contributed by atoms with E-state index in [2.05, 4.69) is 9.97 Å². The maximum Gasteiger partial charge on any atom is 0.182 e. The van der Waals surface area contributed by atoms with Gasteiger partial charge in [-0.25, -0.2) is 22.8 Å². The molecular formula is C23H22FN5O3S. The molecule has 1 aliphatic heterocycles. The molecule has 3 heterocycles. The molecule has 0 saturated carbocycles. The first kappa shape index (κ1) is 21.2. The number of nitrogen functional groups attached to an aromatic ring is 1. The number of benzene rings is 2. The summed E-state index contributed by atoms with van der Waals surface area (Å²) in [5, 5.41) is 0.523. The number of aryl methyl sites for hydroxylation is 1. The number of hydrogen-bond acceptors (Lipinski definition) is 7. The molecule has 0 saturated heterocycles. The van der Waals surface area contributed by atoms with Gasteiger partial charge in [-0.15, -0.1) is 0 Å². The van der Waals surface area contributed by atoms with Gasteiger partial charge in [-0.1, -0.05) is 18.2 Å². The summed E-state index contributed by atoms with van der Waals surface area (Å²) in [5.74, 6) is -0.374. The van der Waals surface area contributed by atoms with E-state index < -0.39 is 21.4 Å². The Morgan fingerprint density at radius 3 is 2.79 bits per heavy atom. The minimum atomic E-state index is -3.82. The van der Waals surface area contributed by atoms with Crippen LogP contribution in [0, 0.1) is 5.82 Å². The van der Waals surface area contributed by atoms with Crippen LogP contribution in [0.15, 0.2) is 53.8 Å². The molecule has 2 aromatic carbocycles. The molecule has 0 atom stereocenters. The van der Waals surface area contributed by atoms with Crippen molar-refractivity contribution in [3.05, 3.63) is 60.3 Å². The molecule has 0 spiro atoms. The summed E-state index contributed by atoms with van der Waals surface area (Å²) in [4.78, 5) is 10.3. The van der Waals surface area contributed by atoms with Gasteiger partial charge >= 0.3 is 0 Å². The van der Waals surface area contributed by atoms with Gasteiger partial charge in [0.25, 0.3) is 0 Å². The van der Waals surface area contributed by atoms with Gasteiger partial charge in [0, 0.05) is 43.0 Å². The third-order valence-electron chi connectivity index (χ3n) is 5.88. The molecule has 0 amide bonds. The first-order chi connectivity index (χ1) is 15.8. The third-order valence-corrected chi connectivity index (χ3v) is 7.55. The molecule has 33 heavy (non-hydrogen) atoms. The number of ether oxygens (including phenoxy) is 1. The van der Waals surface area contributed by atoms with E-state index in [-0.39, 0.29) is 21.8 Å². The summed E-state index contributed by atoms with van der Waals surface area (Å²) < 4.78 is 49.3. The Kier molecular flexibility index (Phi) is 4.97. The maximum atomic E-state index is 15.6. The Morgan fingerprint density at radius 2 is 1.97 bits per heavy atom. The quantitative estimate of drug-likeness (QED) is 0.492. The number of anilines is 2. The third kappa shape index (κ3) is 3.56. The number of hydrogen-bond donors (Lipinski definition) is 1. The molecular weight excluding hydrogens is 445 g/mol. The zero-order valence-corrected chi connectivity index (χ0v) is 18.9. The number of halogens is 1. The minimum Gasteiger partial charge on any atom is -0.490 e. The average Bonchev–Trinajstić information content (AvgIpc) is 3.13. The molecule has 8 nitrogen and oxygen atoms in total. The second-order valence-electron chi connectivity index (χ2n) is 8.05. The van der Waals surface area contributed by atoms with Gasteiger partial charge in [-0.05, 0) is 12.1 Å². The molecule has 10 heteroatoms. The zero-order valence-electron chi connectivity index (χ0n) is 18.1. The van der Waals surface area contributed by atoms with Crippen LogP contribution in [-0.4, -0.2) is 43.2 Å². The fourth-order valence-corrected chi connectivity index (χ4v) is 5.52. The van der Waals surface area contributed by atoms with Crippen molar-refractivity contribution < 1.29 is 17.5 Å². The molecule has 0 unspecified atom stereocenters. The molecule has 0 radical (unpaired) electrons. The summed E-state index contributed by atoms with van der Waals surface area (Å²) in [5.41, 5.74) is 8.24.